The van der Waals surface area contributed by atoms with Gasteiger partial charge in [-0.15, -0.1) is 0 Å². The lowest BCUT2D eigenvalue weighted by atomic mass is 9.98. The molecule has 0 aromatic heterocycles. The molecule has 1 aromatic carbocycles. The highest BCUT2D eigenvalue weighted by molar-refractivity contribution is 9.10. The predicted octanol–water partition coefficient (Wildman–Crippen LogP) is 5.49. The highest BCUT2D eigenvalue weighted by atomic mass is 79.9. The van der Waals surface area contributed by atoms with E-state index < -0.39 is 0 Å². The Bertz CT molecular complexity index is 490. The molecule has 0 atom stereocenters. The van der Waals surface area contributed by atoms with Crippen LogP contribution in [0.2, 0.25) is 0 Å². The number of rotatable bonds is 2. The lowest BCUT2D eigenvalue weighted by Gasteiger charge is -2.27. The number of hydrogen-bond acceptors (Lipinski definition) is 3. The first-order valence-electron chi connectivity index (χ1n) is 8.83. The summed E-state index contributed by atoms with van der Waals surface area (Å²) >= 11 is 3.54. The molecule has 1 heterocycles. The third-order valence-corrected chi connectivity index (χ3v) is 3.68. The Morgan fingerprint density at radius 3 is 2.29 bits per heavy atom. The normalized spacial score (nSPS) is 12.0. The van der Waals surface area contributed by atoms with E-state index in [9.17, 15) is 4.79 Å². The van der Waals surface area contributed by atoms with E-state index in [1.54, 1.807) is 0 Å². The average molecular weight is 400 g/mol. The maximum atomic E-state index is 11.3. The van der Waals surface area contributed by atoms with Crippen molar-refractivity contribution in [1.29, 1.82) is 5.41 Å². The van der Waals surface area contributed by atoms with E-state index in [1.165, 1.54) is 12.0 Å². The summed E-state index contributed by atoms with van der Waals surface area (Å²) in [5, 5.41) is 9.66. The molecule has 0 radical (unpaired) electrons. The third-order valence-electron chi connectivity index (χ3n) is 2.93. The molecule has 0 saturated carbocycles. The minimum absolute atomic E-state index is 0.386. The maximum Gasteiger partial charge on any atom is 0.266 e. The molecule has 0 bridgehead atoms. The number of amides is 1. The monoisotopic (exact) mass is 399 g/mol. The lowest BCUT2D eigenvalue weighted by Crippen LogP contribution is -2.28. The van der Waals surface area contributed by atoms with E-state index in [4.69, 9.17) is 5.41 Å². The van der Waals surface area contributed by atoms with Crippen molar-refractivity contribution in [2.75, 3.05) is 18.9 Å². The van der Waals surface area contributed by atoms with Crippen molar-refractivity contribution < 1.29 is 4.79 Å². The number of halogens is 1. The van der Waals surface area contributed by atoms with E-state index in [0.29, 0.717) is 0 Å². The van der Waals surface area contributed by atoms with E-state index in [1.807, 2.05) is 39.8 Å². The zero-order chi connectivity index (χ0) is 19.1. The van der Waals surface area contributed by atoms with Gasteiger partial charge in [-0.1, -0.05) is 63.9 Å². The lowest BCUT2D eigenvalue weighted by molar-refractivity contribution is -0.110. The fourth-order valence-corrected chi connectivity index (χ4v) is 2.62. The summed E-state index contributed by atoms with van der Waals surface area (Å²) in [6, 6.07) is 3.83. The van der Waals surface area contributed by atoms with Gasteiger partial charge in [-0.05, 0) is 36.7 Å². The Kier molecular flexibility index (Phi) is 16.0. The van der Waals surface area contributed by atoms with E-state index in [-0.39, 0.29) is 5.91 Å². The van der Waals surface area contributed by atoms with Crippen LogP contribution in [0, 0.1) is 5.41 Å². The van der Waals surface area contributed by atoms with Gasteiger partial charge in [-0.25, -0.2) is 0 Å². The fraction of sp³-hybridized carbons (Fsp3) is 0.579. The van der Waals surface area contributed by atoms with Crippen molar-refractivity contribution in [3.8, 4) is 0 Å². The largest absolute Gasteiger partial charge is 0.321 e. The number of benzene rings is 1. The fourth-order valence-electron chi connectivity index (χ4n) is 2.05. The zero-order valence-electron chi connectivity index (χ0n) is 16.3. The molecule has 0 unspecified atom stereocenters. The van der Waals surface area contributed by atoms with Gasteiger partial charge in [-0.3, -0.25) is 4.79 Å². The number of anilines is 1. The van der Waals surface area contributed by atoms with Gasteiger partial charge in [0.2, 0.25) is 0 Å². The highest BCUT2D eigenvalue weighted by Gasteiger charge is 2.19. The van der Waals surface area contributed by atoms with Crippen LogP contribution >= 0.6 is 15.9 Å². The molecule has 0 fully saturated rings. The Labute approximate surface area is 156 Å². The molecule has 138 valence electrons. The van der Waals surface area contributed by atoms with Crippen LogP contribution in [0.25, 0.3) is 0 Å². The van der Waals surface area contributed by atoms with Gasteiger partial charge in [0.05, 0.1) is 6.21 Å². The number of carbonyl (C=O) groups excluding carboxylic acids is 1. The predicted molar refractivity (Wildman–Crippen MR) is 110 cm³/mol. The first-order valence-corrected chi connectivity index (χ1v) is 9.63. The number of likely N-dealkylation sites (N-methyl/N-ethyl adjacent to an activating group) is 1. The molecule has 1 aliphatic rings. The minimum Gasteiger partial charge on any atom is -0.321 e. The van der Waals surface area contributed by atoms with Crippen LogP contribution in [0.4, 0.5) is 5.69 Å². The molecular weight excluding hydrogens is 366 g/mol. The Hall–Kier alpha value is -1.20. The van der Waals surface area contributed by atoms with Gasteiger partial charge in [-0.2, -0.15) is 0 Å². The smallest absolute Gasteiger partial charge is 0.266 e. The molecule has 24 heavy (non-hydrogen) atoms. The molecule has 4 nitrogen and oxygen atoms in total. The molecule has 1 amide bonds. The first-order chi connectivity index (χ1) is 11.5. The summed E-state index contributed by atoms with van der Waals surface area (Å²) in [4.78, 5) is 13.5. The van der Waals surface area contributed by atoms with Crippen molar-refractivity contribution in [1.82, 2.24) is 4.90 Å². The standard InChI is InChI=1S/C12H14BrN3O.C3H8.2C2H6/c1-16-5-4-8-9(7-16)11(3-2-10(8)13)15-12(17)6-14;1-3-2;2*1-2/h2-3,6,14H,4-5,7H2,1H3,(H,15,17);3H2,1-2H3;2*1-2H3. The summed E-state index contributed by atoms with van der Waals surface area (Å²) in [5.74, 6) is -0.386. The Morgan fingerprint density at radius 2 is 1.79 bits per heavy atom. The van der Waals surface area contributed by atoms with Crippen molar-refractivity contribution in [2.45, 2.75) is 60.9 Å². The first kappa shape index (κ1) is 25.0. The van der Waals surface area contributed by atoms with E-state index in [0.717, 1.165) is 41.4 Å². The highest BCUT2D eigenvalue weighted by Crippen LogP contribution is 2.31. The van der Waals surface area contributed by atoms with E-state index >= 15 is 0 Å². The van der Waals surface area contributed by atoms with Crippen LogP contribution < -0.4 is 5.32 Å². The molecule has 0 aliphatic carbocycles. The van der Waals surface area contributed by atoms with Crippen LogP contribution in [0.15, 0.2) is 16.6 Å². The van der Waals surface area contributed by atoms with Crippen molar-refractivity contribution >= 4 is 33.7 Å². The summed E-state index contributed by atoms with van der Waals surface area (Å²) in [5.41, 5.74) is 3.21. The van der Waals surface area contributed by atoms with Crippen LogP contribution in [-0.2, 0) is 17.8 Å². The summed E-state index contributed by atoms with van der Waals surface area (Å²) < 4.78 is 1.09. The Balaban J connectivity index is 0. The van der Waals surface area contributed by atoms with Crippen LogP contribution in [0.1, 0.15) is 59.1 Å². The van der Waals surface area contributed by atoms with Crippen molar-refractivity contribution in [3.05, 3.63) is 27.7 Å². The van der Waals surface area contributed by atoms with Gasteiger partial charge in [0, 0.05) is 23.2 Å². The summed E-state index contributed by atoms with van der Waals surface area (Å²) in [7, 11) is 2.06. The molecule has 2 N–H and O–H groups in total. The molecule has 5 heteroatoms. The van der Waals surface area contributed by atoms with Crippen molar-refractivity contribution in [3.63, 3.8) is 0 Å². The number of nitrogens with one attached hydrogen (secondary N) is 2. The number of carbonyl (C=O) groups is 1. The Morgan fingerprint density at radius 1 is 1.25 bits per heavy atom. The number of nitrogens with zero attached hydrogens (tertiary/aromatic N) is 1. The minimum atomic E-state index is -0.386. The van der Waals surface area contributed by atoms with Crippen molar-refractivity contribution in [2.24, 2.45) is 0 Å². The number of hydrogen-bond donors (Lipinski definition) is 2. The summed E-state index contributed by atoms with van der Waals surface area (Å²) in [6.07, 6.45) is 3.02. The third kappa shape index (κ3) is 8.60. The second kappa shape index (κ2) is 15.3. The maximum absolute atomic E-state index is 11.3. The molecule has 0 saturated heterocycles. The van der Waals surface area contributed by atoms with Crippen LogP contribution in [0.3, 0.4) is 0 Å². The van der Waals surface area contributed by atoms with E-state index in [2.05, 4.69) is 47.0 Å². The van der Waals surface area contributed by atoms with Crippen LogP contribution in [-0.4, -0.2) is 30.6 Å². The quantitative estimate of drug-likeness (QED) is 0.645. The number of fused-ring (bicyclic) bond motifs is 1. The molecule has 0 spiro atoms. The molecule has 1 aromatic rings. The van der Waals surface area contributed by atoms with Gasteiger partial charge in [0.15, 0.2) is 0 Å². The zero-order valence-corrected chi connectivity index (χ0v) is 17.9. The second-order valence-electron chi connectivity index (χ2n) is 4.88. The second-order valence-corrected chi connectivity index (χ2v) is 5.73. The van der Waals surface area contributed by atoms with Crippen LogP contribution in [0.5, 0.6) is 0 Å². The summed E-state index contributed by atoms with van der Waals surface area (Å²) in [6.45, 7) is 14.1. The SMILES string of the molecule is CC.CC.CCC.CN1CCc2c(Br)ccc(NC(=O)C=N)c2C1. The average Bonchev–Trinajstić information content (AvgIpc) is 2.61. The molecular formula is C19H34BrN3O. The van der Waals surface area contributed by atoms with Gasteiger partial charge < -0.3 is 15.6 Å². The van der Waals surface area contributed by atoms with Gasteiger partial charge in [0.25, 0.3) is 5.91 Å². The molecule has 1 aliphatic heterocycles. The van der Waals surface area contributed by atoms with Gasteiger partial charge >= 0.3 is 0 Å². The van der Waals surface area contributed by atoms with Gasteiger partial charge in [0.1, 0.15) is 0 Å². The molecule has 2 rings (SSSR count). The topological polar surface area (TPSA) is 56.2 Å².